The second-order valence-corrected chi connectivity index (χ2v) is 9.21. The van der Waals surface area contributed by atoms with Crippen LogP contribution < -0.4 is 5.32 Å². The highest BCUT2D eigenvalue weighted by atomic mass is 32.2. The number of hydrogen-bond donors (Lipinski definition) is 1. The van der Waals surface area contributed by atoms with Crippen LogP contribution in [0.1, 0.15) is 52.9 Å². The monoisotopic (exact) mass is 366 g/mol. The van der Waals surface area contributed by atoms with Gasteiger partial charge < -0.3 is 5.32 Å². The van der Waals surface area contributed by atoms with Gasteiger partial charge in [0.25, 0.3) is 0 Å². The number of hydrogen-bond acceptors (Lipinski definition) is 3. The average Bonchev–Trinajstić information content (AvgIpc) is 3.06. The summed E-state index contributed by atoms with van der Waals surface area (Å²) in [6, 6.07) is 7.81. The number of carbonyl (C=O) groups is 1. The van der Waals surface area contributed by atoms with Crippen molar-refractivity contribution in [1.29, 1.82) is 0 Å². The summed E-state index contributed by atoms with van der Waals surface area (Å²) >= 11 is 0. The van der Waals surface area contributed by atoms with Crippen LogP contribution in [0, 0.1) is 5.92 Å². The zero-order chi connectivity index (χ0) is 18.4. The predicted octanol–water partition coefficient (Wildman–Crippen LogP) is 3.17. The minimum atomic E-state index is -3.62. The molecule has 2 atom stereocenters. The normalized spacial score (nSPS) is 19.9. The zero-order valence-corrected chi connectivity index (χ0v) is 16.3. The van der Waals surface area contributed by atoms with Crippen molar-refractivity contribution in [2.24, 2.45) is 5.92 Å². The Morgan fingerprint density at radius 3 is 2.52 bits per heavy atom. The van der Waals surface area contributed by atoms with Crippen LogP contribution in [0.4, 0.5) is 0 Å². The molecule has 6 heteroatoms. The Bertz CT molecular complexity index is 659. The molecule has 1 saturated heterocycles. The van der Waals surface area contributed by atoms with Crippen LogP contribution >= 0.6 is 0 Å². The molecule has 0 spiro atoms. The molecular weight excluding hydrogens is 336 g/mol. The highest BCUT2D eigenvalue weighted by molar-refractivity contribution is 7.89. The van der Waals surface area contributed by atoms with Crippen molar-refractivity contribution in [2.45, 2.75) is 69.9 Å². The molecule has 2 unspecified atom stereocenters. The van der Waals surface area contributed by atoms with Gasteiger partial charge in [-0.1, -0.05) is 44.9 Å². The van der Waals surface area contributed by atoms with Gasteiger partial charge in [0.05, 0.1) is 4.90 Å². The molecule has 2 rings (SSSR count). The predicted molar refractivity (Wildman–Crippen MR) is 99.6 cm³/mol. The molecule has 1 N–H and O–H groups in total. The largest absolute Gasteiger partial charge is 0.352 e. The first-order valence-corrected chi connectivity index (χ1v) is 10.6. The van der Waals surface area contributed by atoms with E-state index in [1.807, 2.05) is 6.92 Å². The van der Waals surface area contributed by atoms with Gasteiger partial charge in [-0.15, -0.1) is 0 Å². The number of rotatable bonds is 8. The van der Waals surface area contributed by atoms with E-state index >= 15 is 0 Å². The van der Waals surface area contributed by atoms with Crippen molar-refractivity contribution in [1.82, 2.24) is 9.62 Å². The summed E-state index contributed by atoms with van der Waals surface area (Å²) in [4.78, 5) is 12.9. The third-order valence-corrected chi connectivity index (χ3v) is 6.59. The van der Waals surface area contributed by atoms with Crippen molar-refractivity contribution in [3.05, 3.63) is 30.3 Å². The number of nitrogens with zero attached hydrogens (tertiary/aromatic N) is 1. The van der Waals surface area contributed by atoms with E-state index in [0.717, 1.165) is 19.3 Å². The Labute approximate surface area is 151 Å². The fraction of sp³-hybridized carbons (Fsp3) is 0.632. The van der Waals surface area contributed by atoms with Gasteiger partial charge in [0.15, 0.2) is 0 Å². The molecule has 1 fully saturated rings. The lowest BCUT2D eigenvalue weighted by molar-refractivity contribution is -0.124. The summed E-state index contributed by atoms with van der Waals surface area (Å²) in [5.74, 6) is 0.485. The van der Waals surface area contributed by atoms with Gasteiger partial charge in [0.1, 0.15) is 6.04 Å². The van der Waals surface area contributed by atoms with Crippen molar-refractivity contribution < 1.29 is 13.2 Å². The summed E-state index contributed by atoms with van der Waals surface area (Å²) in [6.07, 6.45) is 4.42. The van der Waals surface area contributed by atoms with Crippen LogP contribution in [0.15, 0.2) is 35.2 Å². The van der Waals surface area contributed by atoms with Crippen LogP contribution in [0.2, 0.25) is 0 Å². The molecule has 0 radical (unpaired) electrons. The van der Waals surface area contributed by atoms with Crippen LogP contribution in [-0.2, 0) is 14.8 Å². The van der Waals surface area contributed by atoms with Crippen LogP contribution in [0.3, 0.4) is 0 Å². The quantitative estimate of drug-likeness (QED) is 0.768. The Kier molecular flexibility index (Phi) is 7.02. The highest BCUT2D eigenvalue weighted by Crippen LogP contribution is 2.26. The molecular formula is C19H30N2O3S. The van der Waals surface area contributed by atoms with Crippen molar-refractivity contribution in [3.63, 3.8) is 0 Å². The first kappa shape index (κ1) is 19.9. The molecule has 1 aromatic rings. The molecule has 1 amide bonds. The Morgan fingerprint density at radius 1 is 1.20 bits per heavy atom. The second kappa shape index (κ2) is 8.81. The molecule has 0 aliphatic carbocycles. The lowest BCUT2D eigenvalue weighted by Gasteiger charge is -2.25. The van der Waals surface area contributed by atoms with E-state index in [1.165, 1.54) is 4.31 Å². The molecule has 1 heterocycles. The fourth-order valence-corrected chi connectivity index (χ4v) is 4.94. The van der Waals surface area contributed by atoms with E-state index in [2.05, 4.69) is 19.2 Å². The average molecular weight is 367 g/mol. The van der Waals surface area contributed by atoms with E-state index in [9.17, 15) is 13.2 Å². The van der Waals surface area contributed by atoms with Crippen molar-refractivity contribution in [2.75, 3.05) is 6.54 Å². The molecule has 0 saturated carbocycles. The van der Waals surface area contributed by atoms with Crippen molar-refractivity contribution >= 4 is 15.9 Å². The minimum absolute atomic E-state index is 0.0631. The molecule has 1 aromatic carbocycles. The van der Waals surface area contributed by atoms with E-state index < -0.39 is 16.1 Å². The van der Waals surface area contributed by atoms with Gasteiger partial charge in [-0.2, -0.15) is 4.31 Å². The number of nitrogens with one attached hydrogen (secondary N) is 1. The maximum atomic E-state index is 12.8. The Balaban J connectivity index is 2.00. The van der Waals surface area contributed by atoms with Crippen LogP contribution in [0.5, 0.6) is 0 Å². The summed E-state index contributed by atoms with van der Waals surface area (Å²) in [6.45, 7) is 6.77. The van der Waals surface area contributed by atoms with E-state index in [1.54, 1.807) is 30.3 Å². The first-order valence-electron chi connectivity index (χ1n) is 9.19. The zero-order valence-electron chi connectivity index (χ0n) is 15.4. The molecule has 140 valence electrons. The fourth-order valence-electron chi connectivity index (χ4n) is 3.26. The number of amides is 1. The molecule has 1 aliphatic heterocycles. The molecule has 5 nitrogen and oxygen atoms in total. The van der Waals surface area contributed by atoms with E-state index in [4.69, 9.17) is 0 Å². The topological polar surface area (TPSA) is 66.5 Å². The molecule has 0 bridgehead atoms. The van der Waals surface area contributed by atoms with E-state index in [0.29, 0.717) is 25.3 Å². The lowest BCUT2D eigenvalue weighted by Crippen LogP contribution is -2.48. The van der Waals surface area contributed by atoms with Gasteiger partial charge >= 0.3 is 0 Å². The van der Waals surface area contributed by atoms with Crippen molar-refractivity contribution in [3.8, 4) is 0 Å². The second-order valence-electron chi connectivity index (χ2n) is 7.32. The maximum absolute atomic E-state index is 12.8. The van der Waals surface area contributed by atoms with Crippen LogP contribution in [-0.4, -0.2) is 37.3 Å². The maximum Gasteiger partial charge on any atom is 0.243 e. The lowest BCUT2D eigenvalue weighted by atomic mass is 10.0. The Morgan fingerprint density at radius 2 is 1.88 bits per heavy atom. The molecule has 25 heavy (non-hydrogen) atoms. The first-order chi connectivity index (χ1) is 11.8. The third-order valence-electron chi connectivity index (χ3n) is 4.66. The Hall–Kier alpha value is -1.40. The number of carbonyl (C=O) groups excluding carboxylic acids is 1. The van der Waals surface area contributed by atoms with Gasteiger partial charge in [0.2, 0.25) is 15.9 Å². The highest BCUT2D eigenvalue weighted by Gasteiger charge is 2.39. The van der Waals surface area contributed by atoms with Gasteiger partial charge in [-0.3, -0.25) is 4.79 Å². The third kappa shape index (κ3) is 5.28. The van der Waals surface area contributed by atoms with E-state index in [-0.39, 0.29) is 16.8 Å². The summed E-state index contributed by atoms with van der Waals surface area (Å²) < 4.78 is 27.0. The molecule has 0 aromatic heterocycles. The summed E-state index contributed by atoms with van der Waals surface area (Å²) in [7, 11) is -3.62. The number of sulfonamides is 1. The van der Waals surface area contributed by atoms with Gasteiger partial charge in [0, 0.05) is 12.6 Å². The van der Waals surface area contributed by atoms with Crippen LogP contribution in [0.25, 0.3) is 0 Å². The standard InChI is InChI=1S/C19H30N2O3S/c1-15(2)9-7-10-16(3)20-19(22)18-13-8-14-21(18)25(23,24)17-11-5-4-6-12-17/h4-6,11-12,15-16,18H,7-10,13-14H2,1-3H3,(H,20,22). The molecule has 1 aliphatic rings. The van der Waals surface area contributed by atoms with Gasteiger partial charge in [-0.25, -0.2) is 8.42 Å². The summed E-state index contributed by atoms with van der Waals surface area (Å²) in [5.41, 5.74) is 0. The number of benzene rings is 1. The minimum Gasteiger partial charge on any atom is -0.352 e. The SMILES string of the molecule is CC(C)CCCC(C)NC(=O)C1CCCN1S(=O)(=O)c1ccccc1. The summed E-state index contributed by atoms with van der Waals surface area (Å²) in [5, 5.41) is 3.00. The smallest absolute Gasteiger partial charge is 0.243 e. The van der Waals surface area contributed by atoms with Gasteiger partial charge in [-0.05, 0) is 44.2 Å².